The van der Waals surface area contributed by atoms with Gasteiger partial charge >= 0.3 is 0 Å². The van der Waals surface area contributed by atoms with Gasteiger partial charge in [0.2, 0.25) is 5.91 Å². The first kappa shape index (κ1) is 15.3. The molecule has 110 valence electrons. The third-order valence-corrected chi connectivity index (χ3v) is 3.70. The van der Waals surface area contributed by atoms with Crippen molar-refractivity contribution >= 4 is 5.91 Å². The number of carbonyl (C=O) groups is 1. The van der Waals surface area contributed by atoms with E-state index in [1.165, 1.54) is 0 Å². The maximum Gasteiger partial charge on any atom is 0.239 e. The molecule has 1 amide bonds. The predicted molar refractivity (Wildman–Crippen MR) is 86.7 cm³/mol. The van der Waals surface area contributed by atoms with Crippen LogP contribution in [0.5, 0.6) is 0 Å². The number of hydrogen-bond acceptors (Lipinski definition) is 2. The molecular formula is C18H22N2O. The first-order valence-corrected chi connectivity index (χ1v) is 7.32. The van der Waals surface area contributed by atoms with Gasteiger partial charge in [0, 0.05) is 6.04 Å². The van der Waals surface area contributed by atoms with Gasteiger partial charge in [-0.05, 0) is 30.0 Å². The van der Waals surface area contributed by atoms with Crippen LogP contribution in [0.1, 0.15) is 31.9 Å². The Morgan fingerprint density at radius 3 is 2.14 bits per heavy atom. The quantitative estimate of drug-likeness (QED) is 0.854. The standard InChI is InChI=1S/C18H22N2O/c1-3-13(2)20-17(18(19)21)16-11-9-15(10-12-16)14-7-5-4-6-8-14/h4-13,17,20H,3H2,1-2H3,(H2,19,21). The third kappa shape index (κ3) is 3.92. The normalized spacial score (nSPS) is 13.6. The molecule has 2 aromatic carbocycles. The minimum Gasteiger partial charge on any atom is -0.368 e. The molecule has 0 aromatic heterocycles. The van der Waals surface area contributed by atoms with Gasteiger partial charge in [-0.1, -0.05) is 61.5 Å². The van der Waals surface area contributed by atoms with Crippen molar-refractivity contribution in [1.82, 2.24) is 5.32 Å². The average molecular weight is 282 g/mol. The lowest BCUT2D eigenvalue weighted by molar-refractivity contribution is -0.120. The second-order valence-electron chi connectivity index (χ2n) is 5.30. The highest BCUT2D eigenvalue weighted by atomic mass is 16.1. The molecule has 0 saturated heterocycles. The lowest BCUT2D eigenvalue weighted by atomic mass is 10.00. The van der Waals surface area contributed by atoms with Crippen LogP contribution < -0.4 is 11.1 Å². The monoisotopic (exact) mass is 282 g/mol. The van der Waals surface area contributed by atoms with Crippen molar-refractivity contribution in [3.8, 4) is 11.1 Å². The summed E-state index contributed by atoms with van der Waals surface area (Å²) in [6, 6.07) is 18.0. The first-order valence-electron chi connectivity index (χ1n) is 7.32. The van der Waals surface area contributed by atoms with Gasteiger partial charge in [0.05, 0.1) is 0 Å². The van der Waals surface area contributed by atoms with Crippen LogP contribution in [-0.4, -0.2) is 11.9 Å². The Morgan fingerprint density at radius 1 is 1.05 bits per heavy atom. The highest BCUT2D eigenvalue weighted by molar-refractivity contribution is 5.81. The summed E-state index contributed by atoms with van der Waals surface area (Å²) in [5.74, 6) is -0.345. The number of primary amides is 1. The Balaban J connectivity index is 2.22. The molecule has 3 nitrogen and oxygen atoms in total. The smallest absolute Gasteiger partial charge is 0.239 e. The van der Waals surface area contributed by atoms with E-state index in [1.807, 2.05) is 49.4 Å². The van der Waals surface area contributed by atoms with Crippen LogP contribution >= 0.6 is 0 Å². The lowest BCUT2D eigenvalue weighted by Gasteiger charge is -2.20. The number of rotatable bonds is 6. The third-order valence-electron chi connectivity index (χ3n) is 3.70. The Morgan fingerprint density at radius 2 is 1.62 bits per heavy atom. The molecule has 2 atom stereocenters. The van der Waals surface area contributed by atoms with E-state index in [0.29, 0.717) is 0 Å². The molecule has 0 heterocycles. The molecule has 2 unspecified atom stereocenters. The Labute approximate surface area is 126 Å². The molecule has 0 aliphatic rings. The fraction of sp³-hybridized carbons (Fsp3) is 0.278. The van der Waals surface area contributed by atoms with Gasteiger partial charge in [0.1, 0.15) is 6.04 Å². The molecule has 0 spiro atoms. The maximum absolute atomic E-state index is 11.7. The fourth-order valence-corrected chi connectivity index (χ4v) is 2.24. The number of hydrogen-bond donors (Lipinski definition) is 2. The fourth-order valence-electron chi connectivity index (χ4n) is 2.24. The number of nitrogens with two attached hydrogens (primary N) is 1. The summed E-state index contributed by atoms with van der Waals surface area (Å²) < 4.78 is 0. The zero-order chi connectivity index (χ0) is 15.2. The summed E-state index contributed by atoms with van der Waals surface area (Å²) in [4.78, 5) is 11.7. The van der Waals surface area contributed by atoms with Crippen molar-refractivity contribution in [2.45, 2.75) is 32.4 Å². The van der Waals surface area contributed by atoms with Gasteiger partial charge in [0.15, 0.2) is 0 Å². The number of carbonyl (C=O) groups excluding carboxylic acids is 1. The molecule has 0 saturated carbocycles. The minimum absolute atomic E-state index is 0.247. The van der Waals surface area contributed by atoms with Crippen LogP contribution in [0, 0.1) is 0 Å². The van der Waals surface area contributed by atoms with Gasteiger partial charge in [-0.2, -0.15) is 0 Å². The van der Waals surface area contributed by atoms with E-state index < -0.39 is 6.04 Å². The molecule has 2 aromatic rings. The highest BCUT2D eigenvalue weighted by Gasteiger charge is 2.19. The van der Waals surface area contributed by atoms with Crippen LogP contribution in [0.15, 0.2) is 54.6 Å². The molecule has 0 radical (unpaired) electrons. The molecule has 21 heavy (non-hydrogen) atoms. The van der Waals surface area contributed by atoms with Gasteiger partial charge in [0.25, 0.3) is 0 Å². The summed E-state index contributed by atoms with van der Waals surface area (Å²) in [7, 11) is 0. The van der Waals surface area contributed by atoms with Crippen LogP contribution in [0.2, 0.25) is 0 Å². The van der Waals surface area contributed by atoms with Crippen LogP contribution in [0.25, 0.3) is 11.1 Å². The summed E-state index contributed by atoms with van der Waals surface area (Å²) in [6.07, 6.45) is 0.950. The van der Waals surface area contributed by atoms with E-state index in [1.54, 1.807) is 0 Å². The zero-order valence-electron chi connectivity index (χ0n) is 12.5. The maximum atomic E-state index is 11.7. The van der Waals surface area contributed by atoms with Gasteiger partial charge in [-0.25, -0.2) is 0 Å². The zero-order valence-corrected chi connectivity index (χ0v) is 12.5. The van der Waals surface area contributed by atoms with E-state index in [4.69, 9.17) is 5.73 Å². The van der Waals surface area contributed by atoms with Crippen LogP contribution in [0.4, 0.5) is 0 Å². The lowest BCUT2D eigenvalue weighted by Crippen LogP contribution is -2.38. The predicted octanol–water partition coefficient (Wildman–Crippen LogP) is 3.27. The van der Waals surface area contributed by atoms with Crippen molar-refractivity contribution < 1.29 is 4.79 Å². The highest BCUT2D eigenvalue weighted by Crippen LogP contribution is 2.22. The van der Waals surface area contributed by atoms with E-state index in [0.717, 1.165) is 23.1 Å². The minimum atomic E-state index is -0.440. The second kappa shape index (κ2) is 7.04. The molecule has 3 N–H and O–H groups in total. The van der Waals surface area contributed by atoms with E-state index >= 15 is 0 Å². The molecule has 0 fully saturated rings. The number of benzene rings is 2. The molecular weight excluding hydrogens is 260 g/mol. The number of nitrogens with one attached hydrogen (secondary N) is 1. The summed E-state index contributed by atoms with van der Waals surface area (Å²) in [6.45, 7) is 4.13. The molecule has 2 rings (SSSR count). The van der Waals surface area contributed by atoms with Gasteiger partial charge in [-0.15, -0.1) is 0 Å². The van der Waals surface area contributed by atoms with E-state index in [-0.39, 0.29) is 11.9 Å². The Kier molecular flexibility index (Phi) is 5.12. The Hall–Kier alpha value is -2.13. The Bertz CT molecular complexity index is 578. The van der Waals surface area contributed by atoms with Gasteiger partial charge < -0.3 is 5.73 Å². The SMILES string of the molecule is CCC(C)NC(C(N)=O)c1ccc(-c2ccccc2)cc1. The van der Waals surface area contributed by atoms with Crippen molar-refractivity contribution in [2.75, 3.05) is 0 Å². The molecule has 0 bridgehead atoms. The topological polar surface area (TPSA) is 55.1 Å². The van der Waals surface area contributed by atoms with E-state index in [2.05, 4.69) is 24.4 Å². The largest absolute Gasteiger partial charge is 0.368 e. The van der Waals surface area contributed by atoms with Crippen molar-refractivity contribution in [3.63, 3.8) is 0 Å². The second-order valence-corrected chi connectivity index (χ2v) is 5.30. The molecule has 3 heteroatoms. The number of amides is 1. The van der Waals surface area contributed by atoms with Crippen LogP contribution in [-0.2, 0) is 4.79 Å². The van der Waals surface area contributed by atoms with Crippen molar-refractivity contribution in [3.05, 3.63) is 60.2 Å². The molecule has 0 aliphatic carbocycles. The molecule has 0 aliphatic heterocycles. The van der Waals surface area contributed by atoms with E-state index in [9.17, 15) is 4.79 Å². The van der Waals surface area contributed by atoms with Gasteiger partial charge in [-0.3, -0.25) is 10.1 Å². The van der Waals surface area contributed by atoms with Crippen LogP contribution in [0.3, 0.4) is 0 Å². The summed E-state index contributed by atoms with van der Waals surface area (Å²) in [5, 5.41) is 3.27. The van der Waals surface area contributed by atoms with Crippen molar-refractivity contribution in [1.29, 1.82) is 0 Å². The summed E-state index contributed by atoms with van der Waals surface area (Å²) in [5.41, 5.74) is 8.72. The summed E-state index contributed by atoms with van der Waals surface area (Å²) >= 11 is 0. The van der Waals surface area contributed by atoms with Crippen molar-refractivity contribution in [2.24, 2.45) is 5.73 Å². The first-order chi connectivity index (χ1) is 10.1. The average Bonchev–Trinajstić information content (AvgIpc) is 2.53.